The van der Waals surface area contributed by atoms with Crippen LogP contribution in [-0.2, 0) is 23.5 Å². The minimum Gasteiger partial charge on any atom is -0.423 e. The molecule has 234 valence electrons. The molecule has 0 amide bonds. The number of tetrazole rings is 1. The normalized spacial score (nSPS) is 14.0. The van der Waals surface area contributed by atoms with Crippen LogP contribution in [0.15, 0.2) is 54.9 Å². The fourth-order valence-electron chi connectivity index (χ4n) is 3.26. The molecule has 0 radical (unpaired) electrons. The Kier molecular flexibility index (Phi) is 20.0. The third kappa shape index (κ3) is 14.1. The Morgan fingerprint density at radius 3 is 1.73 bits per heavy atom. The number of hydrogen-bond acceptors (Lipinski definition) is 11. The van der Waals surface area contributed by atoms with Gasteiger partial charge in [0.2, 0.25) is 0 Å². The third-order valence-corrected chi connectivity index (χ3v) is 6.17. The first-order valence-corrected chi connectivity index (χ1v) is 13.6. The fraction of sp³-hybridized carbons (Fsp3) is 0.500. The maximum atomic E-state index is 8.85. The van der Waals surface area contributed by atoms with Gasteiger partial charge in [-0.3, -0.25) is 4.91 Å². The number of benzene rings is 2. The zero-order valence-electron chi connectivity index (χ0n) is 26.7. The van der Waals surface area contributed by atoms with E-state index in [1.165, 1.54) is 15.9 Å². The third-order valence-electron chi connectivity index (χ3n) is 6.17. The van der Waals surface area contributed by atoms with Crippen molar-refractivity contribution < 1.29 is 63.1 Å². The molecule has 3 aromatic rings. The van der Waals surface area contributed by atoms with Crippen molar-refractivity contribution in [1.82, 2.24) is 20.2 Å². The second kappa shape index (κ2) is 21.2. The SMILES string of the molecule is CC1(C)OB(c2ccc(N)cc2)OC1(C)C.CCOC(OCC)OCC.OB(O)c1ccc(-n2cnnn2)cc1.[N-]=[N+]=[N-].[Na+]. The summed E-state index contributed by atoms with van der Waals surface area (Å²) in [6, 6.07) is 14.2. The van der Waals surface area contributed by atoms with Crippen molar-refractivity contribution in [2.45, 2.75) is 66.1 Å². The zero-order valence-corrected chi connectivity index (χ0v) is 28.7. The Hall–Kier alpha value is -2.53. The molecule has 0 atom stereocenters. The molecule has 1 fully saturated rings. The Morgan fingerprint density at radius 2 is 1.36 bits per heavy atom. The number of anilines is 1. The summed E-state index contributed by atoms with van der Waals surface area (Å²) in [6.45, 7) is 15.3. The number of nitrogens with two attached hydrogens (primary N) is 1. The van der Waals surface area contributed by atoms with Gasteiger partial charge in [-0.1, -0.05) is 24.3 Å². The maximum Gasteiger partial charge on any atom is 1.00 e. The van der Waals surface area contributed by atoms with Gasteiger partial charge < -0.3 is 50.4 Å². The second-order valence-corrected chi connectivity index (χ2v) is 9.72. The molecule has 4 rings (SSSR count). The first-order chi connectivity index (χ1) is 20.3. The number of ether oxygens (including phenoxy) is 3. The Labute approximate surface area is 281 Å². The molecule has 0 saturated carbocycles. The van der Waals surface area contributed by atoms with Gasteiger partial charge in [-0.2, -0.15) is 0 Å². The molecule has 0 bridgehead atoms. The van der Waals surface area contributed by atoms with Gasteiger partial charge in [-0.05, 0) is 94.1 Å². The van der Waals surface area contributed by atoms with Crippen LogP contribution in [0.5, 0.6) is 0 Å². The van der Waals surface area contributed by atoms with E-state index < -0.39 is 13.6 Å². The van der Waals surface area contributed by atoms with E-state index in [4.69, 9.17) is 50.4 Å². The van der Waals surface area contributed by atoms with Gasteiger partial charge in [-0.25, -0.2) is 4.68 Å². The average molecular weight is 622 g/mol. The van der Waals surface area contributed by atoms with Crippen LogP contribution < -0.4 is 46.2 Å². The van der Waals surface area contributed by atoms with E-state index in [1.54, 1.807) is 24.3 Å². The van der Waals surface area contributed by atoms with Crippen molar-refractivity contribution in [1.29, 1.82) is 0 Å². The van der Waals surface area contributed by atoms with Crippen molar-refractivity contribution in [3.8, 4) is 5.69 Å². The molecule has 44 heavy (non-hydrogen) atoms. The predicted molar refractivity (Wildman–Crippen MR) is 164 cm³/mol. The van der Waals surface area contributed by atoms with Gasteiger partial charge in [-0.15, -0.1) is 5.10 Å². The minimum absolute atomic E-state index is 0. The first kappa shape index (κ1) is 41.5. The topological polar surface area (TPSA) is 215 Å². The number of rotatable bonds is 9. The largest absolute Gasteiger partial charge is 1.00 e. The molecule has 0 spiro atoms. The number of aromatic nitrogens is 4. The molecule has 4 N–H and O–H groups in total. The Bertz CT molecular complexity index is 1170. The fourth-order valence-corrected chi connectivity index (χ4v) is 3.26. The van der Waals surface area contributed by atoms with E-state index in [1.807, 2.05) is 72.7 Å². The number of hydrogen-bond donors (Lipinski definition) is 3. The molecule has 2 heterocycles. The molecule has 0 unspecified atom stereocenters. The van der Waals surface area contributed by atoms with Gasteiger partial charge in [0.25, 0.3) is 6.48 Å². The number of nitrogens with zero attached hydrogens (tertiary/aromatic N) is 7. The van der Waals surface area contributed by atoms with Crippen LogP contribution in [0.25, 0.3) is 21.7 Å². The minimum atomic E-state index is -1.45. The Balaban J connectivity index is 0.000000611. The summed E-state index contributed by atoms with van der Waals surface area (Å²) in [4.78, 5) is 1.50. The van der Waals surface area contributed by atoms with Crippen LogP contribution in [0, 0.1) is 0 Å². The Morgan fingerprint density at radius 1 is 0.909 bits per heavy atom. The summed E-state index contributed by atoms with van der Waals surface area (Å²) in [5.74, 6) is 0. The van der Waals surface area contributed by atoms with Crippen molar-refractivity contribution in [3.63, 3.8) is 0 Å². The number of nitrogen functional groups attached to an aromatic ring is 1. The molecular weight excluding hydrogens is 581 g/mol. The van der Waals surface area contributed by atoms with E-state index in [2.05, 4.69) is 15.5 Å². The van der Waals surface area contributed by atoms with Crippen molar-refractivity contribution >= 4 is 30.8 Å². The second-order valence-electron chi connectivity index (χ2n) is 9.72. The zero-order chi connectivity index (χ0) is 32.5. The summed E-state index contributed by atoms with van der Waals surface area (Å²) in [6.07, 6.45) is 1.46. The maximum absolute atomic E-state index is 8.85. The van der Waals surface area contributed by atoms with E-state index >= 15 is 0 Å². The quantitative estimate of drug-likeness (QED) is 0.0668. The molecular formula is C26H41B2N8NaO7. The van der Waals surface area contributed by atoms with Gasteiger partial charge in [0.15, 0.2) is 0 Å². The predicted octanol–water partition coefficient (Wildman–Crippen LogP) is -0.840. The summed E-state index contributed by atoms with van der Waals surface area (Å²) in [5, 5.41) is 28.4. The van der Waals surface area contributed by atoms with Crippen LogP contribution in [0.2, 0.25) is 0 Å². The summed E-state index contributed by atoms with van der Waals surface area (Å²) < 4.78 is 28.6. The summed E-state index contributed by atoms with van der Waals surface area (Å²) in [7, 11) is -1.75. The monoisotopic (exact) mass is 622 g/mol. The van der Waals surface area contributed by atoms with Crippen LogP contribution in [0.3, 0.4) is 0 Å². The van der Waals surface area contributed by atoms with E-state index in [0.29, 0.717) is 25.3 Å². The molecule has 15 nitrogen and oxygen atoms in total. The molecule has 18 heteroatoms. The molecule has 1 aliphatic rings. The molecule has 1 aliphatic heterocycles. The van der Waals surface area contributed by atoms with E-state index in [-0.39, 0.29) is 47.9 Å². The summed E-state index contributed by atoms with van der Waals surface area (Å²) >= 11 is 0. The van der Waals surface area contributed by atoms with Gasteiger partial charge >= 0.3 is 43.8 Å². The molecule has 1 saturated heterocycles. The first-order valence-electron chi connectivity index (χ1n) is 13.6. The van der Waals surface area contributed by atoms with E-state index in [9.17, 15) is 0 Å². The molecule has 0 aliphatic carbocycles. The average Bonchev–Trinajstić information content (AvgIpc) is 3.57. The molecule has 1 aromatic heterocycles. The smallest absolute Gasteiger partial charge is 0.423 e. The van der Waals surface area contributed by atoms with Crippen LogP contribution in [-0.4, -0.2) is 82.0 Å². The van der Waals surface area contributed by atoms with Gasteiger partial charge in [0.05, 0.1) is 16.9 Å². The van der Waals surface area contributed by atoms with Crippen LogP contribution in [0.4, 0.5) is 5.69 Å². The van der Waals surface area contributed by atoms with Gasteiger partial charge in [0.1, 0.15) is 6.33 Å². The van der Waals surface area contributed by atoms with Crippen LogP contribution in [0.1, 0.15) is 48.5 Å². The van der Waals surface area contributed by atoms with Crippen molar-refractivity contribution in [2.24, 2.45) is 0 Å². The van der Waals surface area contributed by atoms with Crippen LogP contribution >= 0.6 is 0 Å². The van der Waals surface area contributed by atoms with Crippen molar-refractivity contribution in [2.75, 3.05) is 25.6 Å². The van der Waals surface area contributed by atoms with Gasteiger partial charge in [0, 0.05) is 25.5 Å². The standard InChI is InChI=1S/C12H18BNO2.C7H7BN4O2.C7H16O3.N3.Na/c1-11(2)12(3,4)16-13(15-11)9-5-7-10(14)8-6-9;13-8(14)6-1-3-7(4-2-6)12-5-9-10-11-12;1-4-8-7(9-5-2)10-6-3;1-3-2;/h5-8H,14H2,1-4H3;1-5,13-14H;7H,4-6H2,1-3H3;;/q;;;-1;+1. The summed E-state index contributed by atoms with van der Waals surface area (Å²) in [5.41, 5.74) is 21.5. The molecule has 2 aromatic carbocycles. The van der Waals surface area contributed by atoms with E-state index in [0.717, 1.165) is 16.8 Å². The van der Waals surface area contributed by atoms with Crippen molar-refractivity contribution in [3.05, 3.63) is 70.8 Å².